The molecule has 0 radical (unpaired) electrons. The van der Waals surface area contributed by atoms with Crippen LogP contribution in [0.5, 0.6) is 0 Å². The number of carbonyl (C=O) groups is 1. The Morgan fingerprint density at radius 2 is 2.11 bits per heavy atom. The summed E-state index contributed by atoms with van der Waals surface area (Å²) in [6, 6.07) is 0.362. The Balaban J connectivity index is 1.51. The van der Waals surface area contributed by atoms with Crippen LogP contribution in [-0.2, 0) is 9.53 Å². The van der Waals surface area contributed by atoms with Crippen LogP contribution in [0, 0.1) is 5.92 Å². The van der Waals surface area contributed by atoms with Gasteiger partial charge in [-0.25, -0.2) is 0 Å². The molecule has 19 heavy (non-hydrogen) atoms. The fourth-order valence-corrected chi connectivity index (χ4v) is 3.26. The summed E-state index contributed by atoms with van der Waals surface area (Å²) < 4.78 is 5.54. The summed E-state index contributed by atoms with van der Waals surface area (Å²) in [6.07, 6.45) is 10.0. The Labute approximate surface area is 116 Å². The normalized spacial score (nSPS) is 31.3. The zero-order valence-electron chi connectivity index (χ0n) is 11.9. The van der Waals surface area contributed by atoms with Crippen LogP contribution in [0.25, 0.3) is 0 Å². The summed E-state index contributed by atoms with van der Waals surface area (Å²) in [5.41, 5.74) is 5.97. The molecule has 2 fully saturated rings. The lowest BCUT2D eigenvalue weighted by Gasteiger charge is -2.26. The van der Waals surface area contributed by atoms with Gasteiger partial charge in [-0.05, 0) is 44.4 Å². The van der Waals surface area contributed by atoms with E-state index in [1.165, 1.54) is 19.3 Å². The molecule has 2 rings (SSSR count). The van der Waals surface area contributed by atoms with E-state index in [0.717, 1.165) is 45.3 Å². The molecule has 1 saturated carbocycles. The highest BCUT2D eigenvalue weighted by Gasteiger charge is 2.20. The van der Waals surface area contributed by atoms with Gasteiger partial charge in [0.2, 0.25) is 5.91 Å². The van der Waals surface area contributed by atoms with E-state index in [-0.39, 0.29) is 5.91 Å². The SMILES string of the molecule is NC1CCCC(CCC(=O)NCCC2CCCO2)C1. The zero-order valence-corrected chi connectivity index (χ0v) is 11.9. The third kappa shape index (κ3) is 5.49. The van der Waals surface area contributed by atoms with E-state index < -0.39 is 0 Å². The number of nitrogens with one attached hydrogen (secondary N) is 1. The topological polar surface area (TPSA) is 64.4 Å². The molecule has 0 aromatic carbocycles. The number of rotatable bonds is 6. The second-order valence-electron chi connectivity index (χ2n) is 6.11. The fraction of sp³-hybridized carbons (Fsp3) is 0.933. The molecule has 1 aliphatic carbocycles. The molecular formula is C15H28N2O2. The Bertz CT molecular complexity index is 277. The minimum absolute atomic E-state index is 0.192. The fourth-order valence-electron chi connectivity index (χ4n) is 3.26. The van der Waals surface area contributed by atoms with Crippen LogP contribution in [0.1, 0.15) is 57.8 Å². The van der Waals surface area contributed by atoms with Crippen molar-refractivity contribution in [1.82, 2.24) is 5.32 Å². The first-order valence-corrected chi connectivity index (χ1v) is 7.88. The van der Waals surface area contributed by atoms with Gasteiger partial charge >= 0.3 is 0 Å². The molecule has 0 aromatic heterocycles. The molecule has 0 bridgehead atoms. The van der Waals surface area contributed by atoms with E-state index >= 15 is 0 Å². The molecule has 0 aromatic rings. The van der Waals surface area contributed by atoms with Gasteiger partial charge in [-0.3, -0.25) is 4.79 Å². The van der Waals surface area contributed by atoms with Gasteiger partial charge in [0.25, 0.3) is 0 Å². The average Bonchev–Trinajstić information content (AvgIpc) is 2.90. The first kappa shape index (κ1) is 14.8. The van der Waals surface area contributed by atoms with Crippen molar-refractivity contribution in [3.8, 4) is 0 Å². The van der Waals surface area contributed by atoms with Crippen LogP contribution < -0.4 is 11.1 Å². The van der Waals surface area contributed by atoms with Gasteiger partial charge in [-0.15, -0.1) is 0 Å². The zero-order chi connectivity index (χ0) is 13.5. The Morgan fingerprint density at radius 1 is 1.21 bits per heavy atom. The van der Waals surface area contributed by atoms with Crippen molar-refractivity contribution in [2.45, 2.75) is 69.9 Å². The predicted octanol–water partition coefficient (Wildman–Crippen LogP) is 1.97. The van der Waals surface area contributed by atoms with Crippen LogP contribution in [0.2, 0.25) is 0 Å². The smallest absolute Gasteiger partial charge is 0.220 e. The van der Waals surface area contributed by atoms with Gasteiger partial charge in [0.05, 0.1) is 6.10 Å². The lowest BCUT2D eigenvalue weighted by atomic mass is 9.83. The van der Waals surface area contributed by atoms with Gasteiger partial charge in [0.1, 0.15) is 0 Å². The lowest BCUT2D eigenvalue weighted by molar-refractivity contribution is -0.121. The van der Waals surface area contributed by atoms with E-state index in [2.05, 4.69) is 5.32 Å². The summed E-state index contributed by atoms with van der Waals surface area (Å²) in [4.78, 5) is 11.8. The number of carbonyl (C=O) groups excluding carboxylic acids is 1. The van der Waals surface area contributed by atoms with E-state index in [1.54, 1.807) is 0 Å². The van der Waals surface area contributed by atoms with E-state index in [1.807, 2.05) is 0 Å². The van der Waals surface area contributed by atoms with Gasteiger partial charge in [0, 0.05) is 25.6 Å². The number of nitrogens with two attached hydrogens (primary N) is 1. The van der Waals surface area contributed by atoms with E-state index in [4.69, 9.17) is 10.5 Å². The molecular weight excluding hydrogens is 240 g/mol. The monoisotopic (exact) mass is 268 g/mol. The number of hydrogen-bond donors (Lipinski definition) is 2. The first-order valence-electron chi connectivity index (χ1n) is 7.88. The summed E-state index contributed by atoms with van der Waals surface area (Å²) in [5.74, 6) is 0.852. The van der Waals surface area contributed by atoms with Gasteiger partial charge in [-0.1, -0.05) is 12.8 Å². The van der Waals surface area contributed by atoms with Crippen LogP contribution >= 0.6 is 0 Å². The van der Waals surface area contributed by atoms with Crippen molar-refractivity contribution < 1.29 is 9.53 Å². The lowest BCUT2D eigenvalue weighted by Crippen LogP contribution is -2.30. The maximum atomic E-state index is 11.8. The third-order valence-electron chi connectivity index (χ3n) is 4.42. The average molecular weight is 268 g/mol. The van der Waals surface area contributed by atoms with Gasteiger partial charge in [0.15, 0.2) is 0 Å². The van der Waals surface area contributed by atoms with Gasteiger partial charge < -0.3 is 15.8 Å². The molecule has 1 aliphatic heterocycles. The van der Waals surface area contributed by atoms with Crippen molar-refractivity contribution in [2.75, 3.05) is 13.2 Å². The first-order chi connectivity index (χ1) is 9.24. The van der Waals surface area contributed by atoms with Crippen LogP contribution in [-0.4, -0.2) is 31.2 Å². The van der Waals surface area contributed by atoms with E-state index in [9.17, 15) is 4.79 Å². The maximum Gasteiger partial charge on any atom is 0.220 e. The van der Waals surface area contributed by atoms with Crippen molar-refractivity contribution in [3.63, 3.8) is 0 Å². The number of ether oxygens (including phenoxy) is 1. The van der Waals surface area contributed by atoms with Crippen molar-refractivity contribution >= 4 is 5.91 Å². The van der Waals surface area contributed by atoms with Crippen LogP contribution in [0.4, 0.5) is 0 Å². The molecule has 2 aliphatic rings. The predicted molar refractivity (Wildman–Crippen MR) is 75.8 cm³/mol. The molecule has 1 heterocycles. The molecule has 4 heteroatoms. The van der Waals surface area contributed by atoms with E-state index in [0.29, 0.717) is 24.5 Å². The molecule has 0 spiro atoms. The molecule has 3 atom stereocenters. The maximum absolute atomic E-state index is 11.8. The summed E-state index contributed by atoms with van der Waals surface area (Å²) in [5, 5.41) is 3.01. The van der Waals surface area contributed by atoms with Crippen LogP contribution in [0.15, 0.2) is 0 Å². The Hall–Kier alpha value is -0.610. The largest absolute Gasteiger partial charge is 0.378 e. The summed E-state index contributed by atoms with van der Waals surface area (Å²) >= 11 is 0. The molecule has 3 unspecified atom stereocenters. The molecule has 1 amide bonds. The highest BCUT2D eigenvalue weighted by molar-refractivity contribution is 5.75. The minimum atomic E-state index is 0.192. The number of amides is 1. The Morgan fingerprint density at radius 3 is 2.84 bits per heavy atom. The Kier molecular flexibility index (Phi) is 6.11. The molecule has 110 valence electrons. The van der Waals surface area contributed by atoms with Gasteiger partial charge in [-0.2, -0.15) is 0 Å². The quantitative estimate of drug-likeness (QED) is 0.774. The standard InChI is InChI=1S/C15H28N2O2/c16-13-4-1-3-12(11-13)6-7-15(18)17-9-8-14-5-2-10-19-14/h12-14H,1-11,16H2,(H,17,18). The second kappa shape index (κ2) is 7.85. The summed E-state index contributed by atoms with van der Waals surface area (Å²) in [6.45, 7) is 1.65. The minimum Gasteiger partial charge on any atom is -0.378 e. The summed E-state index contributed by atoms with van der Waals surface area (Å²) in [7, 11) is 0. The second-order valence-corrected chi connectivity index (χ2v) is 6.11. The third-order valence-corrected chi connectivity index (χ3v) is 4.42. The number of hydrogen-bond acceptors (Lipinski definition) is 3. The van der Waals surface area contributed by atoms with Crippen LogP contribution in [0.3, 0.4) is 0 Å². The van der Waals surface area contributed by atoms with Crippen molar-refractivity contribution in [1.29, 1.82) is 0 Å². The molecule has 4 nitrogen and oxygen atoms in total. The highest BCUT2D eigenvalue weighted by Crippen LogP contribution is 2.26. The highest BCUT2D eigenvalue weighted by atomic mass is 16.5. The molecule has 1 saturated heterocycles. The van der Waals surface area contributed by atoms with Crippen molar-refractivity contribution in [3.05, 3.63) is 0 Å². The van der Waals surface area contributed by atoms with Crippen molar-refractivity contribution in [2.24, 2.45) is 11.7 Å². The molecule has 3 N–H and O–H groups in total.